The summed E-state index contributed by atoms with van der Waals surface area (Å²) in [6.45, 7) is 1.46. The predicted molar refractivity (Wildman–Crippen MR) is 97.7 cm³/mol. The van der Waals surface area contributed by atoms with Crippen LogP contribution in [-0.4, -0.2) is 22.8 Å². The maximum absolute atomic E-state index is 4.20. The number of hydrogen-bond acceptors (Lipinski definition) is 3. The zero-order valence-corrected chi connectivity index (χ0v) is 16.0. The number of aliphatic imine (C=N–C) groups is 1. The SMILES string of the molecule is CN=C(NCc1ccc(Br)s1)NCc1ccnn1C.I. The minimum Gasteiger partial charge on any atom is -0.352 e. The molecule has 0 bridgehead atoms. The highest BCUT2D eigenvalue weighted by Crippen LogP contribution is 2.21. The van der Waals surface area contributed by atoms with Gasteiger partial charge in [0.25, 0.3) is 0 Å². The second kappa shape index (κ2) is 8.63. The molecule has 8 heteroatoms. The van der Waals surface area contributed by atoms with Crippen molar-refractivity contribution in [1.29, 1.82) is 0 Å². The summed E-state index contributed by atoms with van der Waals surface area (Å²) in [4.78, 5) is 5.46. The lowest BCUT2D eigenvalue weighted by molar-refractivity contribution is 0.685. The summed E-state index contributed by atoms with van der Waals surface area (Å²) in [5.74, 6) is 0.783. The molecule has 110 valence electrons. The Bertz CT molecular complexity index is 566. The number of nitrogens with one attached hydrogen (secondary N) is 2. The van der Waals surface area contributed by atoms with Crippen molar-refractivity contribution in [1.82, 2.24) is 20.4 Å². The molecule has 2 N–H and O–H groups in total. The molecule has 0 atom stereocenters. The van der Waals surface area contributed by atoms with Crippen LogP contribution in [0.3, 0.4) is 0 Å². The van der Waals surface area contributed by atoms with Crippen molar-refractivity contribution in [3.63, 3.8) is 0 Å². The lowest BCUT2D eigenvalue weighted by Crippen LogP contribution is -2.36. The first kappa shape index (κ1) is 17.4. The molecular weight excluding hydrogens is 453 g/mol. The van der Waals surface area contributed by atoms with E-state index in [1.807, 2.05) is 23.9 Å². The molecule has 2 aromatic rings. The second-order valence-electron chi connectivity index (χ2n) is 3.93. The van der Waals surface area contributed by atoms with Crippen molar-refractivity contribution < 1.29 is 0 Å². The Morgan fingerprint density at radius 3 is 2.65 bits per heavy atom. The van der Waals surface area contributed by atoms with Gasteiger partial charge in [0.1, 0.15) is 0 Å². The number of guanidine groups is 1. The molecule has 2 rings (SSSR count). The summed E-state index contributed by atoms with van der Waals surface area (Å²) in [6.07, 6.45) is 1.79. The number of aryl methyl sites for hydroxylation is 1. The van der Waals surface area contributed by atoms with Gasteiger partial charge in [-0.2, -0.15) is 5.10 Å². The Kier molecular flexibility index (Phi) is 7.52. The molecule has 5 nitrogen and oxygen atoms in total. The molecule has 0 aliphatic carbocycles. The lowest BCUT2D eigenvalue weighted by atomic mass is 10.4. The average Bonchev–Trinajstić information content (AvgIpc) is 2.99. The molecule has 0 saturated heterocycles. The Balaban J connectivity index is 0.00000200. The standard InChI is InChI=1S/C12H16BrN5S.HI/c1-14-12(15-7-9-5-6-17-18(9)2)16-8-10-3-4-11(13)19-10;/h3-6H,7-8H2,1-2H3,(H2,14,15,16);1H. The van der Waals surface area contributed by atoms with E-state index in [2.05, 4.69) is 42.7 Å². The van der Waals surface area contributed by atoms with Crippen molar-refractivity contribution in [2.24, 2.45) is 12.0 Å². The average molecular weight is 470 g/mol. The van der Waals surface area contributed by atoms with Gasteiger partial charge in [-0.15, -0.1) is 35.3 Å². The highest BCUT2D eigenvalue weighted by molar-refractivity contribution is 14.0. The topological polar surface area (TPSA) is 54.2 Å². The molecule has 2 heterocycles. The van der Waals surface area contributed by atoms with Crippen LogP contribution in [0.2, 0.25) is 0 Å². The van der Waals surface area contributed by atoms with Crippen LogP contribution in [0.5, 0.6) is 0 Å². The predicted octanol–water partition coefficient (Wildman–Crippen LogP) is 2.73. The fourth-order valence-electron chi connectivity index (χ4n) is 1.59. The summed E-state index contributed by atoms with van der Waals surface area (Å²) in [5, 5.41) is 10.7. The number of nitrogens with zero attached hydrogens (tertiary/aromatic N) is 3. The van der Waals surface area contributed by atoms with Crippen LogP contribution in [0.25, 0.3) is 0 Å². The largest absolute Gasteiger partial charge is 0.352 e. The molecule has 0 spiro atoms. The third-order valence-electron chi connectivity index (χ3n) is 2.64. The third kappa shape index (κ3) is 5.06. The fourth-order valence-corrected chi connectivity index (χ4v) is 3.01. The summed E-state index contributed by atoms with van der Waals surface area (Å²) in [6, 6.07) is 6.13. The maximum atomic E-state index is 4.20. The van der Waals surface area contributed by atoms with Gasteiger partial charge in [-0.25, -0.2) is 0 Å². The van der Waals surface area contributed by atoms with Gasteiger partial charge < -0.3 is 10.6 Å². The number of hydrogen-bond donors (Lipinski definition) is 2. The normalized spacial score (nSPS) is 11.1. The molecule has 0 aliphatic heterocycles. The molecule has 2 aromatic heterocycles. The van der Waals surface area contributed by atoms with Crippen molar-refractivity contribution in [3.05, 3.63) is 38.8 Å². The molecule has 0 unspecified atom stereocenters. The minimum absolute atomic E-state index is 0. The molecular formula is C12H17BrIN5S. The number of rotatable bonds is 4. The zero-order valence-electron chi connectivity index (χ0n) is 11.3. The summed E-state index contributed by atoms with van der Waals surface area (Å²) in [7, 11) is 3.69. The van der Waals surface area contributed by atoms with Crippen LogP contribution < -0.4 is 10.6 Å². The molecule has 0 amide bonds. The first-order valence-corrected chi connectivity index (χ1v) is 7.45. The summed E-state index contributed by atoms with van der Waals surface area (Å²) in [5.41, 5.74) is 1.11. The Morgan fingerprint density at radius 1 is 1.35 bits per heavy atom. The van der Waals surface area contributed by atoms with Crippen molar-refractivity contribution in [2.75, 3.05) is 7.05 Å². The van der Waals surface area contributed by atoms with Crippen LogP contribution in [0.4, 0.5) is 0 Å². The van der Waals surface area contributed by atoms with Crippen LogP contribution >= 0.6 is 51.2 Å². The highest BCUT2D eigenvalue weighted by atomic mass is 127. The van der Waals surface area contributed by atoms with Gasteiger partial charge in [-0.3, -0.25) is 9.67 Å². The summed E-state index contributed by atoms with van der Waals surface area (Å²) < 4.78 is 2.98. The monoisotopic (exact) mass is 469 g/mol. The van der Waals surface area contributed by atoms with E-state index in [4.69, 9.17) is 0 Å². The van der Waals surface area contributed by atoms with Crippen molar-refractivity contribution in [3.8, 4) is 0 Å². The molecule has 0 fully saturated rings. The quantitative estimate of drug-likeness (QED) is 0.411. The van der Waals surface area contributed by atoms with Gasteiger partial charge in [0, 0.05) is 25.2 Å². The number of aromatic nitrogens is 2. The van der Waals surface area contributed by atoms with Crippen LogP contribution in [0.15, 0.2) is 33.2 Å². The van der Waals surface area contributed by atoms with E-state index in [1.165, 1.54) is 4.88 Å². The summed E-state index contributed by atoms with van der Waals surface area (Å²) >= 11 is 5.17. The van der Waals surface area contributed by atoms with E-state index >= 15 is 0 Å². The van der Waals surface area contributed by atoms with Crippen LogP contribution in [-0.2, 0) is 20.1 Å². The molecule has 20 heavy (non-hydrogen) atoms. The van der Waals surface area contributed by atoms with E-state index in [1.54, 1.807) is 24.6 Å². The first-order valence-electron chi connectivity index (χ1n) is 5.84. The number of thiophene rings is 1. The van der Waals surface area contributed by atoms with E-state index in [0.717, 1.165) is 22.0 Å². The van der Waals surface area contributed by atoms with Gasteiger partial charge in [-0.1, -0.05) is 0 Å². The Morgan fingerprint density at radius 2 is 2.10 bits per heavy atom. The minimum atomic E-state index is 0. The van der Waals surface area contributed by atoms with Crippen molar-refractivity contribution >= 4 is 57.2 Å². The Labute approximate surface area is 148 Å². The van der Waals surface area contributed by atoms with Gasteiger partial charge in [0.15, 0.2) is 5.96 Å². The van der Waals surface area contributed by atoms with Gasteiger partial charge in [0.05, 0.1) is 22.6 Å². The highest BCUT2D eigenvalue weighted by Gasteiger charge is 2.02. The van der Waals surface area contributed by atoms with Gasteiger partial charge in [-0.05, 0) is 34.1 Å². The first-order chi connectivity index (χ1) is 9.19. The van der Waals surface area contributed by atoms with E-state index in [-0.39, 0.29) is 24.0 Å². The van der Waals surface area contributed by atoms with E-state index < -0.39 is 0 Å². The van der Waals surface area contributed by atoms with E-state index in [9.17, 15) is 0 Å². The molecule has 0 aromatic carbocycles. The van der Waals surface area contributed by atoms with Crippen LogP contribution in [0.1, 0.15) is 10.6 Å². The fraction of sp³-hybridized carbons (Fsp3) is 0.333. The van der Waals surface area contributed by atoms with Gasteiger partial charge in [0.2, 0.25) is 0 Å². The Hall–Kier alpha value is -0.610. The third-order valence-corrected chi connectivity index (χ3v) is 4.27. The molecule has 0 saturated carbocycles. The van der Waals surface area contributed by atoms with Gasteiger partial charge >= 0.3 is 0 Å². The zero-order chi connectivity index (χ0) is 13.7. The number of halogens is 2. The smallest absolute Gasteiger partial charge is 0.191 e. The molecule has 0 aliphatic rings. The van der Waals surface area contributed by atoms with E-state index in [0.29, 0.717) is 6.54 Å². The molecule has 0 radical (unpaired) electrons. The lowest BCUT2D eigenvalue weighted by Gasteiger charge is -2.11. The van der Waals surface area contributed by atoms with Crippen LogP contribution in [0, 0.1) is 0 Å². The van der Waals surface area contributed by atoms with Crippen molar-refractivity contribution in [2.45, 2.75) is 13.1 Å². The maximum Gasteiger partial charge on any atom is 0.191 e. The second-order valence-corrected chi connectivity index (χ2v) is 6.48.